The van der Waals surface area contributed by atoms with E-state index in [9.17, 15) is 10.1 Å². The van der Waals surface area contributed by atoms with Gasteiger partial charge in [0.25, 0.3) is 0 Å². The topological polar surface area (TPSA) is 50.1 Å². The lowest BCUT2D eigenvalue weighted by molar-refractivity contribution is -0.0993. The fourth-order valence-electron chi connectivity index (χ4n) is 8.83. The van der Waals surface area contributed by atoms with Gasteiger partial charge in [0.15, 0.2) is 0 Å². The number of carbonyl (C=O) groups excluding carboxylic acids is 1. The fraction of sp³-hybridized carbons (Fsp3) is 0.625. The zero-order valence-electron chi connectivity index (χ0n) is 22.2. The minimum atomic E-state index is -0.190. The van der Waals surface area contributed by atoms with E-state index in [0.717, 1.165) is 32.1 Å². The summed E-state index contributed by atoms with van der Waals surface area (Å²) in [6, 6.07) is 11.8. The molecule has 0 aromatic heterocycles. The van der Waals surface area contributed by atoms with Crippen LogP contribution in [0, 0.1) is 45.3 Å². The molecule has 1 aromatic carbocycles. The maximum atomic E-state index is 12.9. The molecule has 0 N–H and O–H groups in total. The first kappa shape index (κ1) is 24.4. The van der Waals surface area contributed by atoms with Gasteiger partial charge in [-0.25, -0.2) is 4.79 Å². The largest absolute Gasteiger partial charge is 0.458 e. The van der Waals surface area contributed by atoms with Crippen LogP contribution < -0.4 is 0 Å². The standard InChI is InChI=1S/C32H41NO2/c1-21(17-20-33)24-12-13-25-23-11-14-27-30(2,3)28(35-29(34)22-9-7-6-8-10-22)16-19-32(27,5)26(23)15-18-31(24,25)4/h6-10,13,21,24,27-28H,11-12,14-19H2,1-5H3/t21?,24-,27+,28+,31-,32-/m1/s1. The van der Waals surface area contributed by atoms with Crippen molar-refractivity contribution < 1.29 is 9.53 Å². The Labute approximate surface area is 211 Å². The maximum absolute atomic E-state index is 12.9. The molecule has 3 nitrogen and oxygen atoms in total. The Balaban J connectivity index is 1.41. The Bertz CT molecular complexity index is 1110. The predicted octanol–water partition coefficient (Wildman–Crippen LogP) is 8.04. The van der Waals surface area contributed by atoms with Crippen molar-refractivity contribution in [2.45, 2.75) is 92.1 Å². The molecule has 1 aromatic rings. The number of benzene rings is 1. The van der Waals surface area contributed by atoms with Gasteiger partial charge in [0, 0.05) is 11.8 Å². The molecule has 186 valence electrons. The van der Waals surface area contributed by atoms with E-state index in [1.54, 1.807) is 16.7 Å². The molecule has 0 radical (unpaired) electrons. The van der Waals surface area contributed by atoms with Crippen LogP contribution in [0.4, 0.5) is 0 Å². The quantitative estimate of drug-likeness (QED) is 0.417. The molecule has 0 bridgehead atoms. The molecule has 0 spiro atoms. The Morgan fingerprint density at radius 2 is 1.83 bits per heavy atom. The highest BCUT2D eigenvalue weighted by Gasteiger charge is 2.58. The van der Waals surface area contributed by atoms with E-state index >= 15 is 0 Å². The van der Waals surface area contributed by atoms with Gasteiger partial charge >= 0.3 is 5.97 Å². The van der Waals surface area contributed by atoms with Gasteiger partial charge in [-0.2, -0.15) is 5.26 Å². The summed E-state index contributed by atoms with van der Waals surface area (Å²) < 4.78 is 6.18. The molecule has 0 saturated heterocycles. The number of allylic oxidation sites excluding steroid dienone is 4. The summed E-state index contributed by atoms with van der Waals surface area (Å²) >= 11 is 0. The number of hydrogen-bond donors (Lipinski definition) is 0. The highest BCUT2D eigenvalue weighted by Crippen LogP contribution is 2.67. The van der Waals surface area contributed by atoms with Crippen LogP contribution in [0.25, 0.3) is 0 Å². The highest BCUT2D eigenvalue weighted by molar-refractivity contribution is 5.89. The molecule has 5 rings (SSSR count). The molecule has 0 heterocycles. The Hall–Kier alpha value is -2.34. The van der Waals surface area contributed by atoms with Crippen molar-refractivity contribution in [3.05, 3.63) is 58.7 Å². The molecule has 0 amide bonds. The Kier molecular flexibility index (Phi) is 6.02. The van der Waals surface area contributed by atoms with Gasteiger partial charge in [-0.3, -0.25) is 0 Å². The molecule has 4 aliphatic rings. The van der Waals surface area contributed by atoms with Gasteiger partial charge in [0.1, 0.15) is 6.10 Å². The van der Waals surface area contributed by atoms with Gasteiger partial charge in [-0.1, -0.05) is 64.5 Å². The summed E-state index contributed by atoms with van der Waals surface area (Å²) in [5, 5.41) is 9.31. The van der Waals surface area contributed by atoms with Gasteiger partial charge in [-0.15, -0.1) is 0 Å². The highest BCUT2D eigenvalue weighted by atomic mass is 16.5. The van der Waals surface area contributed by atoms with Crippen molar-refractivity contribution in [3.8, 4) is 6.07 Å². The third-order valence-corrected chi connectivity index (χ3v) is 10.7. The van der Waals surface area contributed by atoms with Gasteiger partial charge < -0.3 is 4.74 Å². The van der Waals surface area contributed by atoms with E-state index in [1.165, 1.54) is 12.8 Å². The molecular formula is C32H41NO2. The van der Waals surface area contributed by atoms with Gasteiger partial charge in [0.2, 0.25) is 0 Å². The third-order valence-electron chi connectivity index (χ3n) is 10.7. The molecule has 1 saturated carbocycles. The summed E-state index contributed by atoms with van der Waals surface area (Å²) in [5.41, 5.74) is 5.94. The first-order valence-corrected chi connectivity index (χ1v) is 13.7. The molecule has 1 unspecified atom stereocenters. The monoisotopic (exact) mass is 471 g/mol. The van der Waals surface area contributed by atoms with Crippen LogP contribution in [-0.4, -0.2) is 12.1 Å². The summed E-state index contributed by atoms with van der Waals surface area (Å²) in [6.07, 6.45) is 11.0. The van der Waals surface area contributed by atoms with E-state index in [4.69, 9.17) is 4.74 Å². The van der Waals surface area contributed by atoms with Crippen LogP contribution in [0.5, 0.6) is 0 Å². The maximum Gasteiger partial charge on any atom is 0.338 e. The van der Waals surface area contributed by atoms with E-state index in [2.05, 4.69) is 46.8 Å². The zero-order valence-corrected chi connectivity index (χ0v) is 22.2. The average molecular weight is 472 g/mol. The smallest absolute Gasteiger partial charge is 0.338 e. The lowest BCUT2D eigenvalue weighted by Crippen LogP contribution is -2.54. The number of hydrogen-bond acceptors (Lipinski definition) is 3. The van der Waals surface area contributed by atoms with Crippen LogP contribution >= 0.6 is 0 Å². The molecular weight excluding hydrogens is 430 g/mol. The van der Waals surface area contributed by atoms with Crippen molar-refractivity contribution >= 4 is 5.97 Å². The van der Waals surface area contributed by atoms with Crippen LogP contribution in [0.1, 0.15) is 96.3 Å². The SMILES string of the molecule is CC(CC#N)[C@H]1CC=C2C3=C(CC[C@@]21C)[C@@]1(C)CC[C@H](OC(=O)c2ccccc2)C(C)(C)[C@@H]1CC3. The fourth-order valence-corrected chi connectivity index (χ4v) is 8.83. The van der Waals surface area contributed by atoms with Crippen LogP contribution in [0.2, 0.25) is 0 Å². The summed E-state index contributed by atoms with van der Waals surface area (Å²) in [4.78, 5) is 12.9. The molecule has 1 fully saturated rings. The lowest BCUT2D eigenvalue weighted by atomic mass is 9.46. The number of nitrogens with zero attached hydrogens (tertiary/aromatic N) is 1. The second-order valence-corrected chi connectivity index (χ2v) is 12.8. The Morgan fingerprint density at radius 3 is 2.54 bits per heavy atom. The first-order valence-electron chi connectivity index (χ1n) is 13.7. The van der Waals surface area contributed by atoms with E-state index < -0.39 is 0 Å². The van der Waals surface area contributed by atoms with Crippen molar-refractivity contribution in [3.63, 3.8) is 0 Å². The van der Waals surface area contributed by atoms with Crippen molar-refractivity contribution in [2.75, 3.05) is 0 Å². The summed E-state index contributed by atoms with van der Waals surface area (Å²) in [6.45, 7) is 11.9. The summed E-state index contributed by atoms with van der Waals surface area (Å²) in [7, 11) is 0. The van der Waals surface area contributed by atoms with Crippen molar-refractivity contribution in [1.82, 2.24) is 0 Å². The second-order valence-electron chi connectivity index (χ2n) is 12.8. The first-order chi connectivity index (χ1) is 16.6. The number of esters is 1. The molecule has 6 atom stereocenters. The normalized spacial score (nSPS) is 36.2. The summed E-state index contributed by atoms with van der Waals surface area (Å²) in [5.74, 6) is 1.35. The third kappa shape index (κ3) is 3.71. The van der Waals surface area contributed by atoms with Crippen LogP contribution in [0.3, 0.4) is 0 Å². The van der Waals surface area contributed by atoms with Crippen molar-refractivity contribution in [1.29, 1.82) is 5.26 Å². The van der Waals surface area contributed by atoms with E-state index in [0.29, 0.717) is 29.7 Å². The minimum Gasteiger partial charge on any atom is -0.458 e. The van der Waals surface area contributed by atoms with Gasteiger partial charge in [0.05, 0.1) is 11.6 Å². The minimum absolute atomic E-state index is 0.0498. The molecule has 4 aliphatic carbocycles. The molecule has 3 heteroatoms. The van der Waals surface area contributed by atoms with E-state index in [-0.39, 0.29) is 28.3 Å². The van der Waals surface area contributed by atoms with Crippen molar-refractivity contribution in [2.24, 2.45) is 34.0 Å². The van der Waals surface area contributed by atoms with E-state index in [1.807, 2.05) is 30.3 Å². The number of ether oxygens (including phenoxy) is 1. The number of nitriles is 1. The number of carbonyl (C=O) groups is 1. The Morgan fingerprint density at radius 1 is 1.09 bits per heavy atom. The zero-order chi connectivity index (χ0) is 25.0. The molecule has 0 aliphatic heterocycles. The van der Waals surface area contributed by atoms with Gasteiger partial charge in [-0.05, 0) is 96.8 Å². The number of rotatable bonds is 4. The molecule has 35 heavy (non-hydrogen) atoms. The second kappa shape index (κ2) is 8.65. The predicted molar refractivity (Wildman–Crippen MR) is 139 cm³/mol. The lowest BCUT2D eigenvalue weighted by Gasteiger charge is -2.59. The van der Waals surface area contributed by atoms with Crippen LogP contribution in [0.15, 0.2) is 53.1 Å². The van der Waals surface area contributed by atoms with Crippen LogP contribution in [-0.2, 0) is 4.74 Å². The number of fused-ring (bicyclic) bond motifs is 4. The average Bonchev–Trinajstić information content (AvgIpc) is 3.19.